The van der Waals surface area contributed by atoms with Crippen molar-refractivity contribution >= 4 is 40.6 Å². The molecule has 3 rings (SSSR count). The number of pyridine rings is 1. The number of ether oxygens (including phenoxy) is 1. The van der Waals surface area contributed by atoms with Crippen LogP contribution in [0.4, 0.5) is 5.82 Å². The second-order valence-corrected chi connectivity index (χ2v) is 7.13. The average Bonchev–Trinajstić information content (AvgIpc) is 3.06. The Balaban J connectivity index is 1.67. The molecule has 2 aromatic heterocycles. The number of nitrogens with one attached hydrogen (secondary N) is 1. The van der Waals surface area contributed by atoms with Crippen molar-refractivity contribution in [2.24, 2.45) is 0 Å². The van der Waals surface area contributed by atoms with Gasteiger partial charge in [0.1, 0.15) is 15.7 Å². The van der Waals surface area contributed by atoms with Crippen LogP contribution in [0.5, 0.6) is 0 Å². The maximum absolute atomic E-state index is 12.5. The Morgan fingerprint density at radius 1 is 1.19 bits per heavy atom. The first kappa shape index (κ1) is 19.0. The third-order valence-electron chi connectivity index (χ3n) is 3.63. The molecule has 0 saturated heterocycles. The summed E-state index contributed by atoms with van der Waals surface area (Å²) >= 11 is 6.99. The zero-order valence-corrected chi connectivity index (χ0v) is 16.2. The SMILES string of the molecule is Cc1nc(-c2ccccc2)sc1C(=O)O[C@@H](C)C(=O)Nc1ccc(Cl)cn1. The van der Waals surface area contributed by atoms with Crippen LogP contribution in [0.2, 0.25) is 5.02 Å². The molecular weight excluding hydrogens is 386 g/mol. The van der Waals surface area contributed by atoms with Gasteiger partial charge in [-0.15, -0.1) is 11.3 Å². The van der Waals surface area contributed by atoms with Crippen molar-refractivity contribution in [1.29, 1.82) is 0 Å². The molecule has 0 aliphatic heterocycles. The van der Waals surface area contributed by atoms with Gasteiger partial charge in [-0.05, 0) is 26.0 Å². The van der Waals surface area contributed by atoms with Crippen LogP contribution in [0.15, 0.2) is 48.7 Å². The predicted octanol–water partition coefficient (Wildman–Crippen LogP) is 4.35. The Labute approximate surface area is 165 Å². The van der Waals surface area contributed by atoms with Gasteiger partial charge in [-0.3, -0.25) is 4.79 Å². The highest BCUT2D eigenvalue weighted by molar-refractivity contribution is 7.17. The lowest BCUT2D eigenvalue weighted by molar-refractivity contribution is -0.123. The van der Waals surface area contributed by atoms with Crippen LogP contribution in [-0.4, -0.2) is 27.9 Å². The molecule has 0 aliphatic carbocycles. The number of nitrogens with zero attached hydrogens (tertiary/aromatic N) is 2. The fourth-order valence-electron chi connectivity index (χ4n) is 2.24. The number of carbonyl (C=O) groups is 2. The smallest absolute Gasteiger partial charge is 0.351 e. The lowest BCUT2D eigenvalue weighted by atomic mass is 10.2. The minimum absolute atomic E-state index is 0.327. The summed E-state index contributed by atoms with van der Waals surface area (Å²) in [6.07, 6.45) is 0.427. The number of amides is 1. The van der Waals surface area contributed by atoms with Gasteiger partial charge in [-0.1, -0.05) is 41.9 Å². The Kier molecular flexibility index (Phi) is 5.83. The number of rotatable bonds is 5. The van der Waals surface area contributed by atoms with Crippen LogP contribution in [0, 0.1) is 6.92 Å². The number of benzene rings is 1. The normalized spacial score (nSPS) is 11.7. The van der Waals surface area contributed by atoms with Crippen molar-refractivity contribution in [2.45, 2.75) is 20.0 Å². The monoisotopic (exact) mass is 401 g/mol. The Morgan fingerprint density at radius 3 is 2.59 bits per heavy atom. The van der Waals surface area contributed by atoms with E-state index in [2.05, 4.69) is 15.3 Å². The van der Waals surface area contributed by atoms with Gasteiger partial charge in [-0.25, -0.2) is 14.8 Å². The van der Waals surface area contributed by atoms with Crippen LogP contribution >= 0.6 is 22.9 Å². The van der Waals surface area contributed by atoms with E-state index in [0.29, 0.717) is 21.4 Å². The maximum Gasteiger partial charge on any atom is 0.351 e. The number of aryl methyl sites for hydroxylation is 1. The summed E-state index contributed by atoms with van der Waals surface area (Å²) in [5.74, 6) is -0.741. The minimum atomic E-state index is -0.989. The Hall–Kier alpha value is -2.77. The number of anilines is 1. The summed E-state index contributed by atoms with van der Waals surface area (Å²) in [5, 5.41) is 3.76. The van der Waals surface area contributed by atoms with Crippen LogP contribution in [0.25, 0.3) is 10.6 Å². The molecule has 2 heterocycles. The number of aromatic nitrogens is 2. The predicted molar refractivity (Wildman–Crippen MR) is 105 cm³/mol. The third-order valence-corrected chi connectivity index (χ3v) is 5.04. The molecule has 138 valence electrons. The first-order valence-electron chi connectivity index (χ1n) is 8.10. The molecule has 1 aromatic carbocycles. The third kappa shape index (κ3) is 4.69. The number of hydrogen-bond donors (Lipinski definition) is 1. The zero-order valence-electron chi connectivity index (χ0n) is 14.6. The molecule has 1 N–H and O–H groups in total. The van der Waals surface area contributed by atoms with E-state index in [1.165, 1.54) is 24.5 Å². The summed E-state index contributed by atoms with van der Waals surface area (Å²) in [6, 6.07) is 12.7. The van der Waals surface area contributed by atoms with Crippen molar-refractivity contribution in [1.82, 2.24) is 9.97 Å². The van der Waals surface area contributed by atoms with E-state index in [1.807, 2.05) is 30.3 Å². The summed E-state index contributed by atoms with van der Waals surface area (Å²) in [6.45, 7) is 3.24. The van der Waals surface area contributed by atoms with Gasteiger partial charge >= 0.3 is 5.97 Å². The highest BCUT2D eigenvalue weighted by Gasteiger charge is 2.23. The maximum atomic E-state index is 12.5. The van der Waals surface area contributed by atoms with Gasteiger partial charge in [0.25, 0.3) is 5.91 Å². The average molecular weight is 402 g/mol. The van der Waals surface area contributed by atoms with E-state index in [0.717, 1.165) is 10.6 Å². The number of carbonyl (C=O) groups excluding carboxylic acids is 2. The van der Waals surface area contributed by atoms with Crippen molar-refractivity contribution in [3.63, 3.8) is 0 Å². The largest absolute Gasteiger partial charge is 0.448 e. The number of hydrogen-bond acceptors (Lipinski definition) is 6. The van der Waals surface area contributed by atoms with Gasteiger partial charge in [0, 0.05) is 11.8 Å². The second kappa shape index (κ2) is 8.28. The fraction of sp³-hybridized carbons (Fsp3) is 0.158. The Morgan fingerprint density at radius 2 is 1.93 bits per heavy atom. The van der Waals surface area contributed by atoms with E-state index >= 15 is 0 Å². The first-order valence-corrected chi connectivity index (χ1v) is 9.29. The molecule has 0 unspecified atom stereocenters. The molecule has 1 amide bonds. The van der Waals surface area contributed by atoms with Crippen molar-refractivity contribution in [3.8, 4) is 10.6 Å². The Bertz CT molecular complexity index is 958. The minimum Gasteiger partial charge on any atom is -0.448 e. The number of thiazole rings is 1. The molecule has 27 heavy (non-hydrogen) atoms. The lowest BCUT2D eigenvalue weighted by Gasteiger charge is -2.12. The molecule has 0 bridgehead atoms. The lowest BCUT2D eigenvalue weighted by Crippen LogP contribution is -2.30. The quantitative estimate of drug-likeness (QED) is 0.643. The molecule has 8 heteroatoms. The van der Waals surface area contributed by atoms with Crippen LogP contribution in [0.1, 0.15) is 22.3 Å². The van der Waals surface area contributed by atoms with E-state index < -0.39 is 18.0 Å². The molecule has 1 atom stereocenters. The molecule has 0 spiro atoms. The van der Waals surface area contributed by atoms with Crippen LogP contribution < -0.4 is 5.32 Å². The van der Waals surface area contributed by atoms with Crippen molar-refractivity contribution in [3.05, 3.63) is 64.3 Å². The summed E-state index contributed by atoms with van der Waals surface area (Å²) in [4.78, 5) is 33.4. The van der Waals surface area contributed by atoms with E-state index in [4.69, 9.17) is 16.3 Å². The van der Waals surface area contributed by atoms with Crippen LogP contribution in [-0.2, 0) is 9.53 Å². The second-order valence-electron chi connectivity index (χ2n) is 5.70. The molecule has 3 aromatic rings. The van der Waals surface area contributed by atoms with E-state index in [1.54, 1.807) is 19.1 Å². The first-order chi connectivity index (χ1) is 12.9. The number of esters is 1. The molecule has 0 fully saturated rings. The van der Waals surface area contributed by atoms with Gasteiger partial charge in [0.15, 0.2) is 6.10 Å². The van der Waals surface area contributed by atoms with Gasteiger partial charge in [0.05, 0.1) is 10.7 Å². The van der Waals surface area contributed by atoms with Crippen molar-refractivity contribution < 1.29 is 14.3 Å². The topological polar surface area (TPSA) is 81.2 Å². The van der Waals surface area contributed by atoms with Gasteiger partial charge in [-0.2, -0.15) is 0 Å². The molecule has 0 saturated carbocycles. The molecule has 6 nitrogen and oxygen atoms in total. The zero-order chi connectivity index (χ0) is 19.4. The molecule has 0 radical (unpaired) electrons. The van der Waals surface area contributed by atoms with Gasteiger partial charge < -0.3 is 10.1 Å². The summed E-state index contributed by atoms with van der Waals surface area (Å²) < 4.78 is 5.29. The summed E-state index contributed by atoms with van der Waals surface area (Å²) in [5.41, 5.74) is 1.49. The summed E-state index contributed by atoms with van der Waals surface area (Å²) in [7, 11) is 0. The number of halogens is 1. The fourth-order valence-corrected chi connectivity index (χ4v) is 3.30. The highest BCUT2D eigenvalue weighted by atomic mass is 35.5. The van der Waals surface area contributed by atoms with Crippen molar-refractivity contribution in [2.75, 3.05) is 5.32 Å². The van der Waals surface area contributed by atoms with Gasteiger partial charge in [0.2, 0.25) is 0 Å². The van der Waals surface area contributed by atoms with E-state index in [9.17, 15) is 9.59 Å². The van der Waals surface area contributed by atoms with Crippen LogP contribution in [0.3, 0.4) is 0 Å². The molecular formula is C19H16ClN3O3S. The highest BCUT2D eigenvalue weighted by Crippen LogP contribution is 2.28. The molecule has 0 aliphatic rings. The van der Waals surface area contributed by atoms with E-state index in [-0.39, 0.29) is 0 Å². The standard InChI is InChI=1S/C19H16ClN3O3S/c1-11-16(27-18(22-11)13-6-4-3-5-7-13)19(25)26-12(2)17(24)23-15-9-8-14(20)10-21-15/h3-10,12H,1-2H3,(H,21,23,24)/t12-/m0/s1.